The first-order chi connectivity index (χ1) is 11.5. The zero-order valence-electron chi connectivity index (χ0n) is 13.2. The van der Waals surface area contributed by atoms with Crippen LogP contribution in [0, 0.1) is 0 Å². The van der Waals surface area contributed by atoms with Crippen molar-refractivity contribution in [3.63, 3.8) is 0 Å². The van der Waals surface area contributed by atoms with E-state index in [9.17, 15) is 4.79 Å². The van der Waals surface area contributed by atoms with Gasteiger partial charge in [0.25, 0.3) is 0 Å². The average molecular weight is 349 g/mol. The second kappa shape index (κ2) is 8.21. The fourth-order valence-electron chi connectivity index (χ4n) is 1.98. The monoisotopic (exact) mass is 348 g/mol. The number of hydrazone groups is 1. The Hall–Kier alpha value is -2.73. The van der Waals surface area contributed by atoms with Crippen LogP contribution < -0.4 is 14.9 Å². The van der Waals surface area contributed by atoms with E-state index >= 15 is 0 Å². The summed E-state index contributed by atoms with van der Waals surface area (Å²) in [5.41, 5.74) is 4.10. The normalized spacial score (nSPS) is 10.6. The Bertz CT molecular complexity index is 762. The maximum absolute atomic E-state index is 11.0. The lowest BCUT2D eigenvalue weighted by atomic mass is 10.2. The van der Waals surface area contributed by atoms with Crippen molar-refractivity contribution in [1.29, 1.82) is 0 Å². The molecule has 0 aliphatic heterocycles. The number of benzene rings is 2. The molecule has 0 aromatic heterocycles. The fourth-order valence-corrected chi connectivity index (χ4v) is 2.18. The van der Waals surface area contributed by atoms with Gasteiger partial charge < -0.3 is 14.6 Å². The molecule has 0 spiro atoms. The van der Waals surface area contributed by atoms with E-state index in [4.69, 9.17) is 26.2 Å². The van der Waals surface area contributed by atoms with Gasteiger partial charge in [-0.25, -0.2) is 4.79 Å². The molecule has 2 N–H and O–H groups in total. The highest BCUT2D eigenvalue weighted by Gasteiger charge is 2.09. The molecule has 0 unspecified atom stereocenters. The average Bonchev–Trinajstić information content (AvgIpc) is 2.57. The molecular formula is C17H17ClN2O4. The van der Waals surface area contributed by atoms with Crippen molar-refractivity contribution in [2.75, 3.05) is 19.1 Å². The Balaban J connectivity index is 2.12. The second-order valence-electron chi connectivity index (χ2n) is 4.71. The first kappa shape index (κ1) is 17.6. The van der Waals surface area contributed by atoms with Gasteiger partial charge in [0.15, 0.2) is 11.5 Å². The van der Waals surface area contributed by atoms with Gasteiger partial charge in [-0.05, 0) is 48.9 Å². The molecule has 2 aromatic carbocycles. The highest BCUT2D eigenvalue weighted by molar-refractivity contribution is 6.33. The van der Waals surface area contributed by atoms with Gasteiger partial charge in [0.2, 0.25) is 0 Å². The van der Waals surface area contributed by atoms with Crippen LogP contribution in [0.25, 0.3) is 0 Å². The molecule has 0 atom stereocenters. The summed E-state index contributed by atoms with van der Waals surface area (Å²) in [4.78, 5) is 11.0. The molecule has 2 rings (SSSR count). The van der Waals surface area contributed by atoms with Crippen molar-refractivity contribution >= 4 is 29.5 Å². The van der Waals surface area contributed by atoms with Gasteiger partial charge in [-0.3, -0.25) is 5.43 Å². The molecule has 0 bridgehead atoms. The van der Waals surface area contributed by atoms with Crippen molar-refractivity contribution < 1.29 is 19.4 Å². The lowest BCUT2D eigenvalue weighted by molar-refractivity contribution is 0.0697. The topological polar surface area (TPSA) is 80.2 Å². The number of ether oxygens (including phenoxy) is 2. The summed E-state index contributed by atoms with van der Waals surface area (Å²) in [5.74, 6) is 0.179. The lowest BCUT2D eigenvalue weighted by Gasteiger charge is -2.09. The highest BCUT2D eigenvalue weighted by Crippen LogP contribution is 2.27. The summed E-state index contributed by atoms with van der Waals surface area (Å²) < 4.78 is 10.7. The van der Waals surface area contributed by atoms with E-state index in [0.717, 1.165) is 5.56 Å². The van der Waals surface area contributed by atoms with E-state index in [0.29, 0.717) is 23.8 Å². The number of carboxylic acids is 1. The van der Waals surface area contributed by atoms with Crippen molar-refractivity contribution in [3.8, 4) is 11.5 Å². The Morgan fingerprint density at radius 3 is 2.75 bits per heavy atom. The molecule has 2 aromatic rings. The highest BCUT2D eigenvalue weighted by atomic mass is 35.5. The summed E-state index contributed by atoms with van der Waals surface area (Å²) >= 11 is 5.82. The Labute approximate surface area is 144 Å². The molecule has 0 saturated carbocycles. The van der Waals surface area contributed by atoms with Crippen LogP contribution >= 0.6 is 11.6 Å². The van der Waals surface area contributed by atoms with E-state index in [1.54, 1.807) is 31.5 Å². The molecular weight excluding hydrogens is 332 g/mol. The molecule has 0 amide bonds. The van der Waals surface area contributed by atoms with Crippen LogP contribution in [-0.2, 0) is 0 Å². The quantitative estimate of drug-likeness (QED) is 0.586. The van der Waals surface area contributed by atoms with E-state index < -0.39 is 5.97 Å². The van der Waals surface area contributed by atoms with Gasteiger partial charge in [0, 0.05) is 0 Å². The third kappa shape index (κ3) is 4.39. The number of aromatic carboxylic acids is 1. The maximum atomic E-state index is 11.0. The van der Waals surface area contributed by atoms with E-state index in [2.05, 4.69) is 10.5 Å². The van der Waals surface area contributed by atoms with Gasteiger partial charge in [0.1, 0.15) is 0 Å². The molecule has 0 fully saturated rings. The fraction of sp³-hybridized carbons (Fsp3) is 0.176. The molecule has 0 aliphatic carbocycles. The summed E-state index contributed by atoms with van der Waals surface area (Å²) in [5, 5.41) is 13.3. The van der Waals surface area contributed by atoms with Crippen molar-refractivity contribution in [2.24, 2.45) is 5.10 Å². The van der Waals surface area contributed by atoms with E-state index in [1.807, 2.05) is 13.0 Å². The second-order valence-corrected chi connectivity index (χ2v) is 5.12. The lowest BCUT2D eigenvalue weighted by Crippen LogP contribution is -1.99. The van der Waals surface area contributed by atoms with E-state index in [1.165, 1.54) is 12.1 Å². The number of halogens is 1. The molecule has 6 nitrogen and oxygen atoms in total. The number of anilines is 1. The van der Waals surface area contributed by atoms with Crippen molar-refractivity contribution in [2.45, 2.75) is 6.92 Å². The van der Waals surface area contributed by atoms with Gasteiger partial charge in [0.05, 0.1) is 36.2 Å². The number of rotatable bonds is 7. The Kier molecular flexibility index (Phi) is 6.03. The summed E-state index contributed by atoms with van der Waals surface area (Å²) in [6.07, 6.45) is 1.59. The summed E-state index contributed by atoms with van der Waals surface area (Å²) in [6.45, 7) is 2.45. The number of methoxy groups -OCH3 is 1. The Morgan fingerprint density at radius 1 is 1.29 bits per heavy atom. The summed E-state index contributed by atoms with van der Waals surface area (Å²) in [7, 11) is 1.57. The number of nitrogens with zero attached hydrogens (tertiary/aromatic N) is 1. The molecule has 24 heavy (non-hydrogen) atoms. The minimum atomic E-state index is -1.09. The Morgan fingerprint density at radius 2 is 2.08 bits per heavy atom. The number of nitrogens with one attached hydrogen (secondary N) is 1. The largest absolute Gasteiger partial charge is 0.493 e. The van der Waals surface area contributed by atoms with Crippen LogP contribution in [0.15, 0.2) is 41.5 Å². The van der Waals surface area contributed by atoms with Crippen LogP contribution in [0.3, 0.4) is 0 Å². The predicted octanol–water partition coefficient (Wildman–Crippen LogP) is 3.89. The molecule has 7 heteroatoms. The molecule has 0 saturated heterocycles. The summed E-state index contributed by atoms with van der Waals surface area (Å²) in [6, 6.07) is 9.99. The predicted molar refractivity (Wildman–Crippen MR) is 93.8 cm³/mol. The first-order valence-corrected chi connectivity index (χ1v) is 7.55. The standard InChI is InChI=1S/C17H17ClN2O4/c1-3-24-15-7-4-11(8-16(15)23-2)10-19-20-12-5-6-14(18)13(9-12)17(21)22/h4-10,20H,3H2,1-2H3,(H,21,22). The molecule has 0 aliphatic rings. The van der Waals surface area contributed by atoms with Crippen molar-refractivity contribution in [1.82, 2.24) is 0 Å². The minimum Gasteiger partial charge on any atom is -0.493 e. The van der Waals surface area contributed by atoms with Crippen molar-refractivity contribution in [3.05, 3.63) is 52.5 Å². The van der Waals surface area contributed by atoms with Crippen LogP contribution in [0.5, 0.6) is 11.5 Å². The zero-order chi connectivity index (χ0) is 17.5. The molecule has 126 valence electrons. The van der Waals surface area contributed by atoms with Crippen LogP contribution in [0.4, 0.5) is 5.69 Å². The zero-order valence-corrected chi connectivity index (χ0v) is 14.0. The van der Waals surface area contributed by atoms with Gasteiger partial charge in [-0.15, -0.1) is 0 Å². The smallest absolute Gasteiger partial charge is 0.337 e. The number of hydrogen-bond donors (Lipinski definition) is 2. The maximum Gasteiger partial charge on any atom is 0.337 e. The van der Waals surface area contributed by atoms with E-state index in [-0.39, 0.29) is 10.6 Å². The first-order valence-electron chi connectivity index (χ1n) is 7.18. The minimum absolute atomic E-state index is 0.0135. The number of hydrogen-bond acceptors (Lipinski definition) is 5. The molecule has 0 radical (unpaired) electrons. The third-order valence-corrected chi connectivity index (χ3v) is 3.42. The van der Waals surface area contributed by atoms with Crippen LogP contribution in [0.1, 0.15) is 22.8 Å². The van der Waals surface area contributed by atoms with Crippen LogP contribution in [0.2, 0.25) is 5.02 Å². The SMILES string of the molecule is CCOc1ccc(C=NNc2ccc(Cl)c(C(=O)O)c2)cc1OC. The third-order valence-electron chi connectivity index (χ3n) is 3.09. The number of carbonyl (C=O) groups is 1. The number of carboxylic acid groups (broad SMARTS) is 1. The van der Waals surface area contributed by atoms with Gasteiger partial charge >= 0.3 is 5.97 Å². The molecule has 0 heterocycles. The van der Waals surface area contributed by atoms with Gasteiger partial charge in [-0.2, -0.15) is 5.10 Å². The van der Waals surface area contributed by atoms with Crippen LogP contribution in [-0.4, -0.2) is 31.0 Å². The van der Waals surface area contributed by atoms with Gasteiger partial charge in [-0.1, -0.05) is 11.6 Å².